The lowest BCUT2D eigenvalue weighted by Gasteiger charge is -2.21. The lowest BCUT2D eigenvalue weighted by Crippen LogP contribution is -2.21. The molecule has 136 valence electrons. The fourth-order valence-electron chi connectivity index (χ4n) is 4.33. The molecule has 2 bridgehead atoms. The van der Waals surface area contributed by atoms with Gasteiger partial charge in [-0.25, -0.2) is 4.79 Å². The van der Waals surface area contributed by atoms with E-state index in [4.69, 9.17) is 14.2 Å². The summed E-state index contributed by atoms with van der Waals surface area (Å²) in [5, 5.41) is 2.86. The van der Waals surface area contributed by atoms with Crippen molar-refractivity contribution in [1.29, 1.82) is 0 Å². The molecule has 2 aliphatic carbocycles. The number of fused-ring (bicyclic) bond motifs is 2. The number of carbonyl (C=O) groups excluding carboxylic acids is 2. The molecule has 6 nitrogen and oxygen atoms in total. The molecule has 25 heavy (non-hydrogen) atoms. The van der Waals surface area contributed by atoms with Crippen LogP contribution in [-0.4, -0.2) is 33.2 Å². The van der Waals surface area contributed by atoms with Crippen molar-refractivity contribution in [3.8, 4) is 11.5 Å². The minimum Gasteiger partial charge on any atom is -0.493 e. The Kier molecular flexibility index (Phi) is 5.16. The fourth-order valence-corrected chi connectivity index (χ4v) is 4.33. The summed E-state index contributed by atoms with van der Waals surface area (Å²) >= 11 is 0. The van der Waals surface area contributed by atoms with E-state index in [0.29, 0.717) is 35.4 Å². The van der Waals surface area contributed by atoms with Gasteiger partial charge in [0.1, 0.15) is 0 Å². The van der Waals surface area contributed by atoms with Gasteiger partial charge in [-0.1, -0.05) is 6.42 Å². The van der Waals surface area contributed by atoms with Gasteiger partial charge in [0.25, 0.3) is 0 Å². The van der Waals surface area contributed by atoms with Crippen molar-refractivity contribution in [2.75, 3.05) is 26.6 Å². The van der Waals surface area contributed by atoms with Gasteiger partial charge in [-0.2, -0.15) is 0 Å². The van der Waals surface area contributed by atoms with Gasteiger partial charge in [-0.15, -0.1) is 0 Å². The number of nitrogens with one attached hydrogen (secondary N) is 1. The van der Waals surface area contributed by atoms with Gasteiger partial charge in [0.2, 0.25) is 5.91 Å². The highest BCUT2D eigenvalue weighted by atomic mass is 16.5. The van der Waals surface area contributed by atoms with Crippen LogP contribution in [0.5, 0.6) is 11.5 Å². The first-order valence-corrected chi connectivity index (χ1v) is 8.69. The van der Waals surface area contributed by atoms with Crippen LogP contribution in [0.2, 0.25) is 0 Å². The smallest absolute Gasteiger partial charge is 0.340 e. The molecular weight excluding hydrogens is 322 g/mol. The second-order valence-electron chi connectivity index (χ2n) is 6.93. The van der Waals surface area contributed by atoms with Crippen LogP contribution in [0, 0.1) is 17.8 Å². The SMILES string of the molecule is COC(=O)c1cc(OC)c(OC)cc1NC(=O)C[C@@H]1C[C@H]2CC[C@H]1C2. The molecule has 0 heterocycles. The Hall–Kier alpha value is -2.24. The van der Waals surface area contributed by atoms with Crippen LogP contribution in [0.25, 0.3) is 0 Å². The molecule has 1 aromatic rings. The van der Waals surface area contributed by atoms with Crippen molar-refractivity contribution in [3.63, 3.8) is 0 Å². The maximum absolute atomic E-state index is 12.5. The highest BCUT2D eigenvalue weighted by molar-refractivity contribution is 6.02. The van der Waals surface area contributed by atoms with Crippen LogP contribution in [0.4, 0.5) is 5.69 Å². The summed E-state index contributed by atoms with van der Waals surface area (Å²) in [4.78, 5) is 24.6. The third-order valence-corrected chi connectivity index (χ3v) is 5.54. The first kappa shape index (κ1) is 17.6. The third-order valence-electron chi connectivity index (χ3n) is 5.54. The Labute approximate surface area is 147 Å². The predicted molar refractivity (Wildman–Crippen MR) is 93.1 cm³/mol. The minimum absolute atomic E-state index is 0.0741. The standard InChI is InChI=1S/C19H25NO5/c1-23-16-9-14(19(22)25-3)15(10-17(16)24-2)20-18(21)8-13-7-11-4-5-12(13)6-11/h9-13H,4-8H2,1-3H3,(H,20,21)/t11-,12-,13-/m0/s1. The Bertz CT molecular complexity index is 672. The van der Waals surface area contributed by atoms with Gasteiger partial charge < -0.3 is 19.5 Å². The number of hydrogen-bond donors (Lipinski definition) is 1. The summed E-state index contributed by atoms with van der Waals surface area (Å²) in [7, 11) is 4.31. The molecule has 2 fully saturated rings. The molecule has 0 radical (unpaired) electrons. The van der Waals surface area contributed by atoms with Gasteiger partial charge >= 0.3 is 5.97 Å². The second kappa shape index (κ2) is 7.33. The molecule has 0 saturated heterocycles. The molecule has 0 aliphatic heterocycles. The highest BCUT2D eigenvalue weighted by Gasteiger charge is 2.40. The average Bonchev–Trinajstić information content (AvgIpc) is 3.23. The van der Waals surface area contributed by atoms with Crippen molar-refractivity contribution in [2.45, 2.75) is 32.1 Å². The fraction of sp³-hybridized carbons (Fsp3) is 0.579. The van der Waals surface area contributed by atoms with Crippen molar-refractivity contribution >= 4 is 17.6 Å². The molecular formula is C19H25NO5. The van der Waals surface area contributed by atoms with E-state index in [-0.39, 0.29) is 11.5 Å². The summed E-state index contributed by atoms with van der Waals surface area (Å²) in [5.41, 5.74) is 0.638. The number of carbonyl (C=O) groups is 2. The zero-order valence-corrected chi connectivity index (χ0v) is 15.0. The number of methoxy groups -OCH3 is 3. The molecule has 0 unspecified atom stereocenters. The molecule has 0 spiro atoms. The van der Waals surface area contributed by atoms with Crippen LogP contribution in [0.1, 0.15) is 42.5 Å². The van der Waals surface area contributed by atoms with Crippen molar-refractivity contribution in [2.24, 2.45) is 17.8 Å². The van der Waals surface area contributed by atoms with Crippen LogP contribution < -0.4 is 14.8 Å². The molecule has 1 N–H and O–H groups in total. The molecule has 2 saturated carbocycles. The number of benzene rings is 1. The molecule has 1 amide bonds. The molecule has 2 aliphatic rings. The number of anilines is 1. The Morgan fingerprint density at radius 3 is 2.36 bits per heavy atom. The van der Waals surface area contributed by atoms with E-state index < -0.39 is 5.97 Å². The summed E-state index contributed by atoms with van der Waals surface area (Å²) in [6.45, 7) is 0. The van der Waals surface area contributed by atoms with E-state index in [1.807, 2.05) is 0 Å². The number of amides is 1. The molecule has 6 heteroatoms. The second-order valence-corrected chi connectivity index (χ2v) is 6.93. The maximum Gasteiger partial charge on any atom is 0.340 e. The summed E-state index contributed by atoms with van der Waals surface area (Å²) in [6.07, 6.45) is 5.46. The number of esters is 1. The highest BCUT2D eigenvalue weighted by Crippen LogP contribution is 2.49. The molecule has 3 atom stereocenters. The van der Waals surface area contributed by atoms with Gasteiger partial charge in [-0.3, -0.25) is 4.79 Å². The predicted octanol–water partition coefficient (Wildman–Crippen LogP) is 3.26. The normalized spacial score (nSPS) is 24.0. The first-order chi connectivity index (χ1) is 12.0. The van der Waals surface area contributed by atoms with Crippen molar-refractivity contribution in [1.82, 2.24) is 0 Å². The minimum atomic E-state index is -0.531. The summed E-state index contributed by atoms with van der Waals surface area (Å²) in [6, 6.07) is 3.13. The summed E-state index contributed by atoms with van der Waals surface area (Å²) in [5.74, 6) is 2.20. The molecule has 0 aromatic heterocycles. The lowest BCUT2D eigenvalue weighted by atomic mass is 9.86. The Morgan fingerprint density at radius 1 is 1.08 bits per heavy atom. The van der Waals surface area contributed by atoms with E-state index in [2.05, 4.69) is 5.32 Å². The van der Waals surface area contributed by atoms with E-state index >= 15 is 0 Å². The number of ether oxygens (including phenoxy) is 3. The molecule has 1 aromatic carbocycles. The lowest BCUT2D eigenvalue weighted by molar-refractivity contribution is -0.117. The van der Waals surface area contributed by atoms with Gasteiger partial charge in [0.15, 0.2) is 11.5 Å². The summed E-state index contributed by atoms with van der Waals surface area (Å²) < 4.78 is 15.3. The van der Waals surface area contributed by atoms with Crippen molar-refractivity contribution < 1.29 is 23.8 Å². The van der Waals surface area contributed by atoms with E-state index in [9.17, 15) is 9.59 Å². The maximum atomic E-state index is 12.5. The van der Waals surface area contributed by atoms with Gasteiger partial charge in [-0.05, 0) is 37.0 Å². The van der Waals surface area contributed by atoms with Gasteiger partial charge in [0.05, 0.1) is 32.6 Å². The van der Waals surface area contributed by atoms with Crippen LogP contribution in [0.3, 0.4) is 0 Å². The first-order valence-electron chi connectivity index (χ1n) is 8.69. The number of hydrogen-bond acceptors (Lipinski definition) is 5. The van der Waals surface area contributed by atoms with Gasteiger partial charge in [0, 0.05) is 18.6 Å². The van der Waals surface area contributed by atoms with E-state index in [1.165, 1.54) is 46.7 Å². The van der Waals surface area contributed by atoms with E-state index in [1.54, 1.807) is 6.07 Å². The monoisotopic (exact) mass is 347 g/mol. The van der Waals surface area contributed by atoms with Crippen LogP contribution in [0.15, 0.2) is 12.1 Å². The topological polar surface area (TPSA) is 73.9 Å². The zero-order chi connectivity index (χ0) is 18.0. The Morgan fingerprint density at radius 2 is 1.80 bits per heavy atom. The average molecular weight is 347 g/mol. The quantitative estimate of drug-likeness (QED) is 0.800. The van der Waals surface area contributed by atoms with Crippen molar-refractivity contribution in [3.05, 3.63) is 17.7 Å². The third kappa shape index (κ3) is 3.57. The Balaban J connectivity index is 1.77. The largest absolute Gasteiger partial charge is 0.493 e. The molecule has 3 rings (SSSR count). The zero-order valence-electron chi connectivity index (χ0n) is 15.0. The number of rotatable bonds is 6. The van der Waals surface area contributed by atoms with Crippen LogP contribution >= 0.6 is 0 Å². The van der Waals surface area contributed by atoms with Crippen LogP contribution in [-0.2, 0) is 9.53 Å². The van der Waals surface area contributed by atoms with E-state index in [0.717, 1.165) is 12.3 Å².